The lowest BCUT2D eigenvalue weighted by Gasteiger charge is -2.16. The van der Waals surface area contributed by atoms with E-state index in [1.807, 2.05) is 48.5 Å². The largest absolute Gasteiger partial charge is 0.381 e. The normalized spacial score (nSPS) is 11.4. The van der Waals surface area contributed by atoms with Gasteiger partial charge in [0.1, 0.15) is 0 Å². The molecule has 3 heterocycles. The van der Waals surface area contributed by atoms with Gasteiger partial charge in [0.05, 0.1) is 22.1 Å². The number of nitrogen functional groups attached to an aromatic ring is 1. The predicted molar refractivity (Wildman–Crippen MR) is 147 cm³/mol. The second kappa shape index (κ2) is 11.2. The van der Waals surface area contributed by atoms with Crippen LogP contribution >= 0.6 is 0 Å². The number of hydrogen-bond donors (Lipinski definition) is 3. The van der Waals surface area contributed by atoms with Crippen LogP contribution in [-0.4, -0.2) is 35.5 Å². The van der Waals surface area contributed by atoms with E-state index in [4.69, 9.17) is 5.73 Å². The molecule has 9 heteroatoms. The molecule has 3 aromatic heterocycles. The number of fused-ring (bicyclic) bond motifs is 3. The summed E-state index contributed by atoms with van der Waals surface area (Å²) in [5.41, 5.74) is 10.3. The monoisotopic (exact) mass is 486 g/mol. The molecule has 0 aliphatic heterocycles. The van der Waals surface area contributed by atoms with Crippen molar-refractivity contribution < 1.29 is 0 Å². The Morgan fingerprint density at radius 3 is 1.89 bits per heavy atom. The summed E-state index contributed by atoms with van der Waals surface area (Å²) in [7, 11) is 0. The minimum Gasteiger partial charge on any atom is -0.381 e. The molecule has 188 valence electrons. The van der Waals surface area contributed by atoms with Crippen LogP contribution in [0, 0.1) is 0 Å². The zero-order chi connectivity index (χ0) is 25.7. The summed E-state index contributed by atoms with van der Waals surface area (Å²) in [5.74, 6) is 1.16. The van der Waals surface area contributed by atoms with E-state index in [-0.39, 0.29) is 11.7 Å². The Morgan fingerprint density at radius 2 is 1.33 bits per heavy atom. The zero-order valence-electron chi connectivity index (χ0n) is 21.3. The highest BCUT2D eigenvalue weighted by molar-refractivity contribution is 5.82. The minimum atomic E-state index is -0.126. The van der Waals surface area contributed by atoms with Crippen LogP contribution in [0.2, 0.25) is 0 Å². The van der Waals surface area contributed by atoms with Gasteiger partial charge in [0.15, 0.2) is 22.9 Å². The van der Waals surface area contributed by atoms with E-state index in [9.17, 15) is 4.79 Å². The Hall–Kier alpha value is -4.01. The fraction of sp³-hybridized carbons (Fsp3) is 0.370. The number of rotatable bonds is 7. The Labute approximate surface area is 210 Å². The summed E-state index contributed by atoms with van der Waals surface area (Å²) in [6.45, 7) is 8.44. The fourth-order valence-corrected chi connectivity index (χ4v) is 4.30. The Bertz CT molecular complexity index is 1520. The van der Waals surface area contributed by atoms with Gasteiger partial charge in [-0.1, -0.05) is 52.0 Å². The maximum absolute atomic E-state index is 12.1. The van der Waals surface area contributed by atoms with Gasteiger partial charge in [-0.2, -0.15) is 0 Å². The first-order valence-corrected chi connectivity index (χ1v) is 12.6. The number of imidazole rings is 1. The second-order valence-corrected chi connectivity index (χ2v) is 8.76. The van der Waals surface area contributed by atoms with Crippen molar-refractivity contribution in [2.45, 2.75) is 65.5 Å². The molecule has 36 heavy (non-hydrogen) atoms. The van der Waals surface area contributed by atoms with Crippen LogP contribution in [0.5, 0.6) is 0 Å². The Balaban J connectivity index is 0.000000170. The summed E-state index contributed by atoms with van der Waals surface area (Å²) >= 11 is 0. The third-order valence-electron chi connectivity index (χ3n) is 6.46. The first-order valence-electron chi connectivity index (χ1n) is 12.6. The van der Waals surface area contributed by atoms with Crippen LogP contribution in [0.25, 0.3) is 33.4 Å². The molecule has 5 rings (SSSR count). The zero-order valence-corrected chi connectivity index (χ0v) is 21.3. The van der Waals surface area contributed by atoms with Crippen LogP contribution < -0.4 is 16.7 Å². The number of nitrogens with zero attached hydrogens (tertiary/aromatic N) is 5. The number of aromatic amines is 1. The van der Waals surface area contributed by atoms with Gasteiger partial charge in [0.2, 0.25) is 0 Å². The van der Waals surface area contributed by atoms with E-state index in [1.54, 1.807) is 4.57 Å². The molecule has 0 fully saturated rings. The number of anilines is 2. The van der Waals surface area contributed by atoms with Crippen LogP contribution in [0.4, 0.5) is 11.6 Å². The fourth-order valence-electron chi connectivity index (χ4n) is 4.30. The second-order valence-electron chi connectivity index (χ2n) is 8.76. The summed E-state index contributed by atoms with van der Waals surface area (Å²) in [5, 5.41) is 3.34. The average Bonchev–Trinajstić information content (AvgIpc) is 3.21. The number of para-hydroxylation sites is 4. The van der Waals surface area contributed by atoms with Crippen molar-refractivity contribution in [3.8, 4) is 0 Å². The van der Waals surface area contributed by atoms with Crippen LogP contribution in [0.15, 0.2) is 53.3 Å². The molecule has 0 saturated heterocycles. The Kier molecular flexibility index (Phi) is 7.77. The molecule has 4 N–H and O–H groups in total. The summed E-state index contributed by atoms with van der Waals surface area (Å²) in [4.78, 5) is 32.8. The topological polar surface area (TPSA) is 127 Å². The SMILES string of the molecule is CCC(CC)Nc1nc2ccccc2nc1N.CCC(CC)n1c(=O)[nH]c2nc3ccccc3nc21. The summed E-state index contributed by atoms with van der Waals surface area (Å²) < 4.78 is 1.73. The lowest BCUT2D eigenvalue weighted by atomic mass is 10.2. The lowest BCUT2D eigenvalue weighted by Crippen LogP contribution is -2.21. The highest BCUT2D eigenvalue weighted by atomic mass is 16.1. The maximum Gasteiger partial charge on any atom is 0.329 e. The molecule has 0 radical (unpaired) electrons. The standard InChI is InChI=1S/C14H16N4O.C13H18N4/c1-3-9(4-2)18-13-12(17-14(18)19)15-10-7-5-6-8-11(10)16-13;1-3-9(4-2)15-13-12(14)16-10-7-5-6-8-11(10)17-13/h5-9H,3-4H2,1-2H3,(H,15,17,19);5-9H,3-4H2,1-2H3,(H2,14,16)(H,15,17). The van der Waals surface area contributed by atoms with E-state index in [0.29, 0.717) is 29.0 Å². The van der Waals surface area contributed by atoms with Crippen LogP contribution in [0.1, 0.15) is 59.4 Å². The van der Waals surface area contributed by atoms with Crippen LogP contribution in [-0.2, 0) is 0 Å². The molecule has 0 unspecified atom stereocenters. The van der Waals surface area contributed by atoms with Gasteiger partial charge >= 0.3 is 5.69 Å². The summed E-state index contributed by atoms with van der Waals surface area (Å²) in [6, 6.07) is 16.0. The van der Waals surface area contributed by atoms with Gasteiger partial charge in [-0.3, -0.25) is 9.55 Å². The third-order valence-corrected chi connectivity index (χ3v) is 6.46. The molecule has 5 aromatic rings. The highest BCUT2D eigenvalue weighted by Gasteiger charge is 2.16. The maximum atomic E-state index is 12.1. The van der Waals surface area contributed by atoms with Crippen molar-refractivity contribution in [1.82, 2.24) is 29.5 Å². The van der Waals surface area contributed by atoms with E-state index >= 15 is 0 Å². The molecule has 0 bridgehead atoms. The minimum absolute atomic E-state index is 0.126. The smallest absolute Gasteiger partial charge is 0.329 e. The van der Waals surface area contributed by atoms with E-state index in [0.717, 1.165) is 47.8 Å². The number of hydrogen-bond acceptors (Lipinski definition) is 7. The molecular formula is C27H34N8O. The van der Waals surface area contributed by atoms with Gasteiger partial charge in [-0.25, -0.2) is 24.7 Å². The number of nitrogens with one attached hydrogen (secondary N) is 2. The third kappa shape index (κ3) is 5.15. The number of H-pyrrole nitrogens is 1. The van der Waals surface area contributed by atoms with E-state index in [1.165, 1.54) is 0 Å². The van der Waals surface area contributed by atoms with Crippen molar-refractivity contribution >= 4 is 45.0 Å². The molecule has 9 nitrogen and oxygen atoms in total. The van der Waals surface area contributed by atoms with Crippen molar-refractivity contribution in [1.29, 1.82) is 0 Å². The predicted octanol–water partition coefficient (Wildman–Crippen LogP) is 5.45. The van der Waals surface area contributed by atoms with Crippen molar-refractivity contribution in [2.24, 2.45) is 0 Å². The molecule has 0 saturated carbocycles. The number of benzene rings is 2. The molecule has 0 atom stereocenters. The van der Waals surface area contributed by atoms with Crippen molar-refractivity contribution in [2.75, 3.05) is 11.1 Å². The van der Waals surface area contributed by atoms with Crippen molar-refractivity contribution in [3.63, 3.8) is 0 Å². The summed E-state index contributed by atoms with van der Waals surface area (Å²) in [6.07, 6.45) is 3.89. The molecule has 2 aromatic carbocycles. The van der Waals surface area contributed by atoms with E-state index in [2.05, 4.69) is 57.9 Å². The molecule has 0 aliphatic rings. The van der Waals surface area contributed by atoms with Gasteiger partial charge < -0.3 is 11.1 Å². The van der Waals surface area contributed by atoms with Crippen LogP contribution in [0.3, 0.4) is 0 Å². The molecule has 0 spiro atoms. The highest BCUT2D eigenvalue weighted by Crippen LogP contribution is 2.21. The Morgan fingerprint density at radius 1 is 0.806 bits per heavy atom. The average molecular weight is 487 g/mol. The number of nitrogens with two attached hydrogens (primary N) is 1. The first kappa shape index (κ1) is 25.1. The van der Waals surface area contributed by atoms with Gasteiger partial charge in [0.25, 0.3) is 0 Å². The van der Waals surface area contributed by atoms with Gasteiger partial charge in [-0.05, 0) is 49.9 Å². The quantitative estimate of drug-likeness (QED) is 0.279. The molecule has 0 aliphatic carbocycles. The molecule has 0 amide bonds. The van der Waals surface area contributed by atoms with E-state index < -0.39 is 0 Å². The van der Waals surface area contributed by atoms with Gasteiger partial charge in [-0.15, -0.1) is 0 Å². The van der Waals surface area contributed by atoms with Gasteiger partial charge in [0, 0.05) is 12.1 Å². The lowest BCUT2D eigenvalue weighted by molar-refractivity contribution is 0.469. The van der Waals surface area contributed by atoms with Crippen molar-refractivity contribution in [3.05, 3.63) is 59.0 Å². The number of aromatic nitrogens is 6. The molecular weight excluding hydrogens is 452 g/mol. The first-order chi connectivity index (χ1) is 17.5.